The standard InChI is InChI=1S/C14H26N4/c1-17(12-13-16-9-11-18(13)2)10-8-14(15)6-4-3-5-7-14/h9,11H,3-8,10,12,15H2,1-2H3. The van der Waals surface area contributed by atoms with Crippen molar-refractivity contribution in [3.05, 3.63) is 18.2 Å². The van der Waals surface area contributed by atoms with Gasteiger partial charge in [0.25, 0.3) is 0 Å². The minimum atomic E-state index is 0.0914. The topological polar surface area (TPSA) is 47.1 Å². The molecule has 102 valence electrons. The van der Waals surface area contributed by atoms with E-state index in [1.165, 1.54) is 32.1 Å². The maximum Gasteiger partial charge on any atom is 0.122 e. The van der Waals surface area contributed by atoms with Gasteiger partial charge < -0.3 is 10.3 Å². The molecule has 0 bridgehead atoms. The van der Waals surface area contributed by atoms with Gasteiger partial charge in [0.15, 0.2) is 0 Å². The van der Waals surface area contributed by atoms with Gasteiger partial charge in [-0.05, 0) is 26.3 Å². The van der Waals surface area contributed by atoms with Crippen molar-refractivity contribution in [3.63, 3.8) is 0 Å². The van der Waals surface area contributed by atoms with E-state index in [1.54, 1.807) is 0 Å². The fourth-order valence-corrected chi connectivity index (χ4v) is 2.79. The summed E-state index contributed by atoms with van der Waals surface area (Å²) in [6.07, 6.45) is 11.3. The smallest absolute Gasteiger partial charge is 0.122 e. The lowest BCUT2D eigenvalue weighted by atomic mass is 9.80. The molecule has 0 atom stereocenters. The molecular formula is C14H26N4. The summed E-state index contributed by atoms with van der Waals surface area (Å²) >= 11 is 0. The van der Waals surface area contributed by atoms with Gasteiger partial charge in [-0.3, -0.25) is 4.90 Å². The third-order valence-corrected chi connectivity index (χ3v) is 4.17. The maximum absolute atomic E-state index is 6.46. The largest absolute Gasteiger partial charge is 0.337 e. The molecule has 0 unspecified atom stereocenters. The molecular weight excluding hydrogens is 224 g/mol. The molecule has 1 saturated carbocycles. The van der Waals surface area contributed by atoms with Crippen LogP contribution in [0.4, 0.5) is 0 Å². The van der Waals surface area contributed by atoms with Crippen LogP contribution in [-0.2, 0) is 13.6 Å². The fraction of sp³-hybridized carbons (Fsp3) is 0.786. The highest BCUT2D eigenvalue weighted by atomic mass is 15.1. The number of nitrogens with zero attached hydrogens (tertiary/aromatic N) is 3. The molecule has 1 heterocycles. The number of rotatable bonds is 5. The third-order valence-electron chi connectivity index (χ3n) is 4.17. The molecule has 0 radical (unpaired) electrons. The Hall–Kier alpha value is -0.870. The zero-order chi connectivity index (χ0) is 13.0. The van der Waals surface area contributed by atoms with Gasteiger partial charge in [-0.1, -0.05) is 19.3 Å². The second-order valence-electron chi connectivity index (χ2n) is 5.87. The van der Waals surface area contributed by atoms with Crippen molar-refractivity contribution >= 4 is 0 Å². The molecule has 4 heteroatoms. The van der Waals surface area contributed by atoms with Gasteiger partial charge in [-0.25, -0.2) is 4.98 Å². The van der Waals surface area contributed by atoms with E-state index in [9.17, 15) is 0 Å². The highest BCUT2D eigenvalue weighted by Gasteiger charge is 2.27. The average molecular weight is 250 g/mol. The van der Waals surface area contributed by atoms with Crippen LogP contribution >= 0.6 is 0 Å². The van der Waals surface area contributed by atoms with Gasteiger partial charge >= 0.3 is 0 Å². The van der Waals surface area contributed by atoms with Crippen LogP contribution in [-0.4, -0.2) is 33.6 Å². The zero-order valence-corrected chi connectivity index (χ0v) is 11.7. The predicted octanol–water partition coefficient (Wildman–Crippen LogP) is 1.90. The second-order valence-corrected chi connectivity index (χ2v) is 5.87. The van der Waals surface area contributed by atoms with Crippen molar-refractivity contribution in [2.75, 3.05) is 13.6 Å². The SMILES string of the molecule is CN(CCC1(N)CCCCC1)Cc1nccn1C. The molecule has 4 nitrogen and oxygen atoms in total. The molecule has 2 rings (SSSR count). The first kappa shape index (κ1) is 13.6. The fourth-order valence-electron chi connectivity index (χ4n) is 2.79. The molecule has 0 aliphatic heterocycles. The summed E-state index contributed by atoms with van der Waals surface area (Å²) in [7, 11) is 4.20. The summed E-state index contributed by atoms with van der Waals surface area (Å²) in [5.41, 5.74) is 6.55. The van der Waals surface area contributed by atoms with Gasteiger partial charge in [0.05, 0.1) is 6.54 Å². The van der Waals surface area contributed by atoms with Crippen LogP contribution in [0, 0.1) is 0 Å². The second kappa shape index (κ2) is 5.85. The lowest BCUT2D eigenvalue weighted by molar-refractivity contribution is 0.223. The Morgan fingerprint density at radius 1 is 1.39 bits per heavy atom. The first-order chi connectivity index (χ1) is 8.59. The van der Waals surface area contributed by atoms with Crippen LogP contribution in [0.1, 0.15) is 44.3 Å². The molecule has 0 spiro atoms. The van der Waals surface area contributed by atoms with Crippen LogP contribution < -0.4 is 5.73 Å². The average Bonchev–Trinajstić information content (AvgIpc) is 2.74. The van der Waals surface area contributed by atoms with Crippen molar-refractivity contribution in [2.45, 2.75) is 50.6 Å². The number of aromatic nitrogens is 2. The first-order valence-electron chi connectivity index (χ1n) is 7.03. The van der Waals surface area contributed by atoms with Crippen LogP contribution in [0.2, 0.25) is 0 Å². The van der Waals surface area contributed by atoms with E-state index < -0.39 is 0 Å². The minimum Gasteiger partial charge on any atom is -0.337 e. The van der Waals surface area contributed by atoms with Crippen molar-refractivity contribution in [2.24, 2.45) is 12.8 Å². The van der Waals surface area contributed by atoms with Crippen LogP contribution in [0.5, 0.6) is 0 Å². The lowest BCUT2D eigenvalue weighted by Gasteiger charge is -2.34. The molecule has 1 aliphatic carbocycles. The Kier molecular flexibility index (Phi) is 4.40. The minimum absolute atomic E-state index is 0.0914. The number of nitrogens with two attached hydrogens (primary N) is 1. The molecule has 1 fully saturated rings. The zero-order valence-electron chi connectivity index (χ0n) is 11.7. The predicted molar refractivity (Wildman–Crippen MR) is 74.2 cm³/mol. The monoisotopic (exact) mass is 250 g/mol. The van der Waals surface area contributed by atoms with E-state index in [2.05, 4.69) is 21.5 Å². The van der Waals surface area contributed by atoms with E-state index >= 15 is 0 Å². The van der Waals surface area contributed by atoms with E-state index in [1.807, 2.05) is 19.4 Å². The van der Waals surface area contributed by atoms with Gasteiger partial charge in [-0.2, -0.15) is 0 Å². The van der Waals surface area contributed by atoms with Crippen LogP contribution in [0.3, 0.4) is 0 Å². The van der Waals surface area contributed by atoms with Crippen molar-refractivity contribution in [1.82, 2.24) is 14.5 Å². The Bertz CT molecular complexity index is 366. The summed E-state index contributed by atoms with van der Waals surface area (Å²) in [4.78, 5) is 6.68. The van der Waals surface area contributed by atoms with Crippen LogP contribution in [0.15, 0.2) is 12.4 Å². The van der Waals surface area contributed by atoms with E-state index in [4.69, 9.17) is 5.73 Å². The van der Waals surface area contributed by atoms with Crippen molar-refractivity contribution in [1.29, 1.82) is 0 Å². The van der Waals surface area contributed by atoms with Gasteiger partial charge in [0.1, 0.15) is 5.82 Å². The number of hydrogen-bond acceptors (Lipinski definition) is 3. The molecule has 0 aromatic carbocycles. The molecule has 1 aromatic rings. The molecule has 18 heavy (non-hydrogen) atoms. The molecule has 1 aliphatic rings. The molecule has 0 amide bonds. The van der Waals surface area contributed by atoms with Crippen molar-refractivity contribution in [3.8, 4) is 0 Å². The van der Waals surface area contributed by atoms with E-state index in [-0.39, 0.29) is 5.54 Å². The quantitative estimate of drug-likeness (QED) is 0.868. The Morgan fingerprint density at radius 3 is 2.72 bits per heavy atom. The Labute approximate surface area is 110 Å². The third kappa shape index (κ3) is 3.56. The first-order valence-corrected chi connectivity index (χ1v) is 7.03. The normalized spacial score (nSPS) is 19.3. The molecule has 0 saturated heterocycles. The van der Waals surface area contributed by atoms with Crippen LogP contribution in [0.25, 0.3) is 0 Å². The summed E-state index contributed by atoms with van der Waals surface area (Å²) < 4.78 is 2.08. The summed E-state index contributed by atoms with van der Waals surface area (Å²) in [5.74, 6) is 1.12. The molecule has 2 N–H and O–H groups in total. The number of aryl methyl sites for hydroxylation is 1. The van der Waals surface area contributed by atoms with Crippen molar-refractivity contribution < 1.29 is 0 Å². The van der Waals surface area contributed by atoms with Gasteiger partial charge in [0.2, 0.25) is 0 Å². The number of hydrogen-bond donors (Lipinski definition) is 1. The summed E-state index contributed by atoms with van der Waals surface area (Å²) in [5, 5.41) is 0. The van der Waals surface area contributed by atoms with Gasteiger partial charge in [0, 0.05) is 31.5 Å². The summed E-state index contributed by atoms with van der Waals surface area (Å²) in [6.45, 7) is 1.96. The highest BCUT2D eigenvalue weighted by Crippen LogP contribution is 2.28. The maximum atomic E-state index is 6.46. The number of imidazole rings is 1. The van der Waals surface area contributed by atoms with E-state index in [0.717, 1.165) is 25.3 Å². The summed E-state index contributed by atoms with van der Waals surface area (Å²) in [6, 6.07) is 0. The van der Waals surface area contributed by atoms with E-state index in [0.29, 0.717) is 0 Å². The Morgan fingerprint density at radius 2 is 2.11 bits per heavy atom. The Balaban J connectivity index is 1.77. The van der Waals surface area contributed by atoms with Gasteiger partial charge in [-0.15, -0.1) is 0 Å². The lowest BCUT2D eigenvalue weighted by Crippen LogP contribution is -2.44. The highest BCUT2D eigenvalue weighted by molar-refractivity contribution is 4.92. The molecule has 1 aromatic heterocycles.